The lowest BCUT2D eigenvalue weighted by atomic mass is 10.1. The fourth-order valence-electron chi connectivity index (χ4n) is 1.91. The highest BCUT2D eigenvalue weighted by Crippen LogP contribution is 2.18. The van der Waals surface area contributed by atoms with Crippen molar-refractivity contribution in [2.45, 2.75) is 33.4 Å². The van der Waals surface area contributed by atoms with Gasteiger partial charge in [-0.3, -0.25) is 4.79 Å². The molecular weight excluding hydrogens is 270 g/mol. The summed E-state index contributed by atoms with van der Waals surface area (Å²) in [4.78, 5) is 19.2. The van der Waals surface area contributed by atoms with Crippen LogP contribution in [0.1, 0.15) is 34.1 Å². The molecule has 2 aromatic rings. The zero-order valence-electron chi connectivity index (χ0n) is 12.0. The average Bonchev–Trinajstić information content (AvgIpc) is 2.83. The summed E-state index contributed by atoms with van der Waals surface area (Å²) in [5.74, 6) is 0.0300. The maximum atomic E-state index is 12.5. The van der Waals surface area contributed by atoms with Gasteiger partial charge in [0.2, 0.25) is 0 Å². The number of carbonyl (C=O) groups is 1. The standard InChI is InChI=1S/C15H19N3OS/c1-10(2)18(9-12-4-6-13(16)7-5-12)15(19)14-8-17-11(3)20-14/h4-8,10H,9,16H2,1-3H3. The molecule has 0 fully saturated rings. The summed E-state index contributed by atoms with van der Waals surface area (Å²) in [5.41, 5.74) is 7.49. The van der Waals surface area contributed by atoms with Gasteiger partial charge in [-0.1, -0.05) is 12.1 Å². The topological polar surface area (TPSA) is 59.2 Å². The Hall–Kier alpha value is -1.88. The minimum absolute atomic E-state index is 0.0300. The highest BCUT2D eigenvalue weighted by Gasteiger charge is 2.20. The molecule has 106 valence electrons. The van der Waals surface area contributed by atoms with Crippen LogP contribution in [0.5, 0.6) is 0 Å². The molecule has 1 heterocycles. The second-order valence-electron chi connectivity index (χ2n) is 5.01. The van der Waals surface area contributed by atoms with E-state index in [2.05, 4.69) is 4.98 Å². The highest BCUT2D eigenvalue weighted by molar-refractivity contribution is 7.13. The maximum Gasteiger partial charge on any atom is 0.266 e. The highest BCUT2D eigenvalue weighted by atomic mass is 32.1. The SMILES string of the molecule is Cc1ncc(C(=O)N(Cc2ccc(N)cc2)C(C)C)s1. The number of thiazole rings is 1. The number of anilines is 1. The molecule has 0 aliphatic rings. The monoisotopic (exact) mass is 289 g/mol. The second kappa shape index (κ2) is 6.05. The van der Waals surface area contributed by atoms with E-state index in [1.807, 2.05) is 49.9 Å². The van der Waals surface area contributed by atoms with Crippen molar-refractivity contribution in [3.63, 3.8) is 0 Å². The van der Waals surface area contributed by atoms with Crippen molar-refractivity contribution in [3.8, 4) is 0 Å². The van der Waals surface area contributed by atoms with Gasteiger partial charge in [0.15, 0.2) is 0 Å². The van der Waals surface area contributed by atoms with Gasteiger partial charge in [-0.2, -0.15) is 0 Å². The molecule has 4 nitrogen and oxygen atoms in total. The first kappa shape index (κ1) is 14.5. The summed E-state index contributed by atoms with van der Waals surface area (Å²) in [7, 11) is 0. The molecule has 0 aliphatic carbocycles. The van der Waals surface area contributed by atoms with Crippen molar-refractivity contribution in [1.29, 1.82) is 0 Å². The largest absolute Gasteiger partial charge is 0.399 e. The molecule has 1 amide bonds. The van der Waals surface area contributed by atoms with Crippen LogP contribution < -0.4 is 5.73 Å². The molecule has 0 aliphatic heterocycles. The third kappa shape index (κ3) is 3.36. The van der Waals surface area contributed by atoms with E-state index in [0.717, 1.165) is 16.3 Å². The van der Waals surface area contributed by atoms with Gasteiger partial charge in [0.1, 0.15) is 4.88 Å². The van der Waals surface area contributed by atoms with Crippen molar-refractivity contribution in [2.24, 2.45) is 0 Å². The van der Waals surface area contributed by atoms with Gasteiger partial charge in [-0.15, -0.1) is 11.3 Å². The Kier molecular flexibility index (Phi) is 4.39. The number of nitrogen functional groups attached to an aromatic ring is 1. The van der Waals surface area contributed by atoms with E-state index in [1.54, 1.807) is 6.20 Å². The molecule has 5 heteroatoms. The van der Waals surface area contributed by atoms with Gasteiger partial charge in [0, 0.05) is 18.3 Å². The predicted octanol–water partition coefficient (Wildman–Crippen LogP) is 3.08. The summed E-state index contributed by atoms with van der Waals surface area (Å²) in [5, 5.41) is 0.907. The van der Waals surface area contributed by atoms with Crippen LogP contribution in [-0.2, 0) is 6.54 Å². The second-order valence-corrected chi connectivity index (χ2v) is 6.25. The summed E-state index contributed by atoms with van der Waals surface area (Å²) in [6, 6.07) is 7.75. The van der Waals surface area contributed by atoms with Gasteiger partial charge in [-0.25, -0.2) is 4.98 Å². The lowest BCUT2D eigenvalue weighted by molar-refractivity contribution is 0.0695. The normalized spacial score (nSPS) is 10.8. The number of aromatic nitrogens is 1. The van der Waals surface area contributed by atoms with Gasteiger partial charge in [0.25, 0.3) is 5.91 Å². The Balaban J connectivity index is 2.19. The number of benzene rings is 1. The smallest absolute Gasteiger partial charge is 0.266 e. The van der Waals surface area contributed by atoms with E-state index < -0.39 is 0 Å². The third-order valence-electron chi connectivity index (χ3n) is 3.05. The summed E-state index contributed by atoms with van der Waals surface area (Å²) < 4.78 is 0. The first-order valence-electron chi connectivity index (χ1n) is 6.55. The van der Waals surface area contributed by atoms with Crippen LogP contribution >= 0.6 is 11.3 Å². The lowest BCUT2D eigenvalue weighted by Crippen LogP contribution is -2.36. The minimum atomic E-state index is 0.0300. The van der Waals surface area contributed by atoms with Gasteiger partial charge < -0.3 is 10.6 Å². The van der Waals surface area contributed by atoms with Gasteiger partial charge in [0.05, 0.1) is 11.2 Å². The van der Waals surface area contributed by atoms with E-state index in [9.17, 15) is 4.79 Å². The van der Waals surface area contributed by atoms with Crippen LogP contribution in [0.2, 0.25) is 0 Å². The summed E-state index contributed by atoms with van der Waals surface area (Å²) >= 11 is 1.43. The summed E-state index contributed by atoms with van der Waals surface area (Å²) in [6.45, 7) is 6.51. The van der Waals surface area contributed by atoms with Gasteiger partial charge >= 0.3 is 0 Å². The number of rotatable bonds is 4. The molecule has 0 saturated heterocycles. The molecule has 2 N–H and O–H groups in total. The predicted molar refractivity (Wildman–Crippen MR) is 82.7 cm³/mol. The Morgan fingerprint density at radius 1 is 1.35 bits per heavy atom. The Bertz CT molecular complexity index is 589. The van der Waals surface area contributed by atoms with Crippen molar-refractivity contribution in [1.82, 2.24) is 9.88 Å². The molecular formula is C15H19N3OS. The Labute approximate surface area is 123 Å². The van der Waals surface area contributed by atoms with E-state index >= 15 is 0 Å². The minimum Gasteiger partial charge on any atom is -0.399 e. The molecule has 2 rings (SSSR count). The average molecular weight is 289 g/mol. The van der Waals surface area contributed by atoms with Crippen LogP contribution in [0.15, 0.2) is 30.5 Å². The van der Waals surface area contributed by atoms with Crippen LogP contribution in [0.4, 0.5) is 5.69 Å². The molecule has 20 heavy (non-hydrogen) atoms. The number of nitrogens with two attached hydrogens (primary N) is 1. The number of aryl methyl sites for hydroxylation is 1. The first-order valence-corrected chi connectivity index (χ1v) is 7.37. The lowest BCUT2D eigenvalue weighted by Gasteiger charge is -2.26. The van der Waals surface area contributed by atoms with Gasteiger partial charge in [-0.05, 0) is 38.5 Å². The molecule has 0 radical (unpaired) electrons. The van der Waals surface area contributed by atoms with E-state index in [4.69, 9.17) is 5.73 Å². The quantitative estimate of drug-likeness (QED) is 0.880. The molecule has 1 aromatic carbocycles. The van der Waals surface area contributed by atoms with Crippen LogP contribution in [0.3, 0.4) is 0 Å². The number of carbonyl (C=O) groups excluding carboxylic acids is 1. The third-order valence-corrected chi connectivity index (χ3v) is 3.95. The van der Waals surface area contributed by atoms with Crippen molar-refractivity contribution < 1.29 is 4.79 Å². The molecule has 0 unspecified atom stereocenters. The van der Waals surface area contributed by atoms with E-state index in [1.165, 1.54) is 11.3 Å². The maximum absolute atomic E-state index is 12.5. The zero-order valence-corrected chi connectivity index (χ0v) is 12.8. The number of nitrogens with zero attached hydrogens (tertiary/aromatic N) is 2. The molecule has 0 atom stereocenters. The number of hydrogen-bond acceptors (Lipinski definition) is 4. The first-order chi connectivity index (χ1) is 9.47. The molecule has 1 aromatic heterocycles. The van der Waals surface area contributed by atoms with Crippen molar-refractivity contribution in [3.05, 3.63) is 45.9 Å². The van der Waals surface area contributed by atoms with Crippen molar-refractivity contribution in [2.75, 3.05) is 5.73 Å². The number of amides is 1. The molecule has 0 bridgehead atoms. The van der Waals surface area contributed by atoms with Crippen LogP contribution in [0.25, 0.3) is 0 Å². The zero-order chi connectivity index (χ0) is 14.7. The summed E-state index contributed by atoms with van der Waals surface area (Å²) in [6.07, 6.45) is 1.65. The number of hydrogen-bond donors (Lipinski definition) is 1. The fraction of sp³-hybridized carbons (Fsp3) is 0.333. The van der Waals surface area contributed by atoms with E-state index in [-0.39, 0.29) is 11.9 Å². The van der Waals surface area contributed by atoms with E-state index in [0.29, 0.717) is 11.4 Å². The van der Waals surface area contributed by atoms with Crippen LogP contribution in [-0.4, -0.2) is 21.8 Å². The van der Waals surface area contributed by atoms with Crippen molar-refractivity contribution >= 4 is 22.9 Å². The molecule has 0 saturated carbocycles. The Morgan fingerprint density at radius 3 is 2.50 bits per heavy atom. The Morgan fingerprint density at radius 2 is 2.00 bits per heavy atom. The molecule has 0 spiro atoms. The fourth-order valence-corrected chi connectivity index (χ4v) is 2.64. The van der Waals surface area contributed by atoms with Crippen LogP contribution in [0, 0.1) is 6.92 Å².